The van der Waals surface area contributed by atoms with Crippen molar-refractivity contribution in [3.63, 3.8) is 0 Å². The second-order valence-corrected chi connectivity index (χ2v) is 8.64. The molecular formula is C27H25FN4O3. The molecule has 3 N–H and O–H groups in total. The normalized spacial score (nSPS) is 16.3. The average Bonchev–Trinajstić information content (AvgIpc) is 3.32. The smallest absolute Gasteiger partial charge is 0.293 e. The Morgan fingerprint density at radius 1 is 1.20 bits per heavy atom. The van der Waals surface area contributed by atoms with E-state index in [-0.39, 0.29) is 30.2 Å². The molecule has 1 aliphatic heterocycles. The van der Waals surface area contributed by atoms with Gasteiger partial charge in [0.15, 0.2) is 0 Å². The minimum atomic E-state index is -0.686. The molecule has 7 nitrogen and oxygen atoms in total. The van der Waals surface area contributed by atoms with Gasteiger partial charge in [-0.25, -0.2) is 9.37 Å². The van der Waals surface area contributed by atoms with Crippen LogP contribution in [-0.4, -0.2) is 44.8 Å². The molecule has 2 aromatic carbocycles. The first-order valence-electron chi connectivity index (χ1n) is 11.4. The van der Waals surface area contributed by atoms with Crippen LogP contribution >= 0.6 is 0 Å². The summed E-state index contributed by atoms with van der Waals surface area (Å²) in [6.45, 7) is 2.16. The van der Waals surface area contributed by atoms with Gasteiger partial charge in [0.1, 0.15) is 5.82 Å². The number of hydrogen-bond acceptors (Lipinski definition) is 6. The predicted octanol–water partition coefficient (Wildman–Crippen LogP) is 2.68. The number of aliphatic hydroxyl groups excluding tert-OH is 1. The average molecular weight is 473 g/mol. The van der Waals surface area contributed by atoms with Gasteiger partial charge in [0, 0.05) is 36.6 Å². The summed E-state index contributed by atoms with van der Waals surface area (Å²) in [7, 11) is 0. The number of aromatic nitrogens is 2. The number of nitrogens with zero attached hydrogens (tertiary/aromatic N) is 3. The van der Waals surface area contributed by atoms with Crippen molar-refractivity contribution in [2.24, 2.45) is 5.92 Å². The van der Waals surface area contributed by atoms with E-state index in [1.54, 1.807) is 12.1 Å². The van der Waals surface area contributed by atoms with Crippen LogP contribution in [0.4, 0.5) is 4.39 Å². The van der Waals surface area contributed by atoms with E-state index in [1.807, 2.05) is 24.3 Å². The van der Waals surface area contributed by atoms with Gasteiger partial charge in [-0.15, -0.1) is 0 Å². The summed E-state index contributed by atoms with van der Waals surface area (Å²) in [5.41, 5.74) is 2.11. The lowest BCUT2D eigenvalue weighted by molar-refractivity contribution is 0.260. The van der Waals surface area contributed by atoms with E-state index < -0.39 is 23.0 Å². The number of likely N-dealkylation sites (tertiary alicyclic amines) is 1. The predicted molar refractivity (Wildman–Crippen MR) is 128 cm³/mol. The molecule has 1 unspecified atom stereocenters. The lowest BCUT2D eigenvalue weighted by Crippen LogP contribution is -2.19. The molecule has 4 rings (SSSR count). The highest BCUT2D eigenvalue weighted by Crippen LogP contribution is 2.25. The van der Waals surface area contributed by atoms with Crippen molar-refractivity contribution in [2.75, 3.05) is 19.7 Å². The molecular weight excluding hydrogens is 447 g/mol. The number of hydrogen-bond donors (Lipinski definition) is 3. The molecule has 1 saturated heterocycles. The van der Waals surface area contributed by atoms with Crippen molar-refractivity contribution in [2.45, 2.75) is 25.3 Å². The summed E-state index contributed by atoms with van der Waals surface area (Å²) >= 11 is 0. The third-order valence-electron chi connectivity index (χ3n) is 6.17. The zero-order chi connectivity index (χ0) is 24.8. The van der Waals surface area contributed by atoms with Gasteiger partial charge in [-0.05, 0) is 48.4 Å². The standard InChI is InChI=1S/C27H25FN4O3/c28-24-11-19(7-8-23(24)22(16-33)12-25-26(34)27(35)31-17-30-25)4-1-18-2-5-20(6-3-18)14-32-10-9-21(13-29)15-32/h2-3,5-8,11,17,21-22,33-34H,9-10,12,14-16H2,(H,30,31,35)/t21-,22?/m0/s1. The first kappa shape index (κ1) is 24.2. The fourth-order valence-electron chi connectivity index (χ4n) is 4.20. The summed E-state index contributed by atoms with van der Waals surface area (Å²) < 4.78 is 14.8. The van der Waals surface area contributed by atoms with E-state index in [4.69, 9.17) is 5.26 Å². The first-order chi connectivity index (χ1) is 17.0. The zero-order valence-corrected chi connectivity index (χ0v) is 19.0. The topological polar surface area (TPSA) is 113 Å². The van der Waals surface area contributed by atoms with Crippen LogP contribution in [-0.2, 0) is 13.0 Å². The van der Waals surface area contributed by atoms with Gasteiger partial charge in [0.2, 0.25) is 5.75 Å². The van der Waals surface area contributed by atoms with E-state index in [1.165, 1.54) is 6.07 Å². The van der Waals surface area contributed by atoms with E-state index in [9.17, 15) is 19.4 Å². The van der Waals surface area contributed by atoms with Crippen molar-refractivity contribution in [3.05, 3.63) is 92.9 Å². The van der Waals surface area contributed by atoms with E-state index in [2.05, 4.69) is 32.8 Å². The molecule has 0 saturated carbocycles. The molecule has 0 aliphatic carbocycles. The summed E-state index contributed by atoms with van der Waals surface area (Å²) in [5, 5.41) is 28.7. The quantitative estimate of drug-likeness (QED) is 0.476. The van der Waals surface area contributed by atoms with E-state index >= 15 is 0 Å². The van der Waals surface area contributed by atoms with Crippen LogP contribution in [0, 0.1) is 34.9 Å². The SMILES string of the molecule is N#C[C@@H]1CCN(Cc2ccc(C#Cc3ccc(C(CO)Cc4nc[nH]c(=O)c4O)c(F)c3)cc2)C1. The first-order valence-corrected chi connectivity index (χ1v) is 11.4. The monoisotopic (exact) mass is 472 g/mol. The number of halogens is 1. The van der Waals surface area contributed by atoms with Gasteiger partial charge >= 0.3 is 0 Å². The maximum atomic E-state index is 14.8. The number of nitriles is 1. The Kier molecular flexibility index (Phi) is 7.57. The van der Waals surface area contributed by atoms with Crippen LogP contribution in [0.1, 0.15) is 40.3 Å². The molecule has 8 heteroatoms. The summed E-state index contributed by atoms with van der Waals surface area (Å²) in [4.78, 5) is 20.0. The number of aliphatic hydroxyl groups is 1. The van der Waals surface area contributed by atoms with Crippen molar-refractivity contribution < 1.29 is 14.6 Å². The molecule has 1 aromatic heterocycles. The van der Waals surface area contributed by atoms with Crippen LogP contribution in [0.25, 0.3) is 0 Å². The Balaban J connectivity index is 1.43. The van der Waals surface area contributed by atoms with Gasteiger partial charge in [-0.1, -0.05) is 30.0 Å². The fraction of sp³-hybridized carbons (Fsp3) is 0.296. The molecule has 2 atom stereocenters. The van der Waals surface area contributed by atoms with Crippen LogP contribution in [0.3, 0.4) is 0 Å². The number of benzene rings is 2. The minimum absolute atomic E-state index is 0.00907. The Morgan fingerprint density at radius 2 is 1.94 bits per heavy atom. The number of aromatic hydroxyl groups is 1. The lowest BCUT2D eigenvalue weighted by atomic mass is 9.93. The molecule has 1 aliphatic rings. The molecule has 1 fully saturated rings. The zero-order valence-electron chi connectivity index (χ0n) is 19.0. The van der Waals surface area contributed by atoms with Crippen molar-refractivity contribution >= 4 is 0 Å². The van der Waals surface area contributed by atoms with Gasteiger partial charge in [-0.3, -0.25) is 9.69 Å². The molecule has 35 heavy (non-hydrogen) atoms. The molecule has 0 radical (unpaired) electrons. The van der Waals surface area contributed by atoms with Crippen LogP contribution in [0.15, 0.2) is 53.6 Å². The van der Waals surface area contributed by atoms with Gasteiger partial charge in [0.25, 0.3) is 5.56 Å². The third kappa shape index (κ3) is 5.93. The minimum Gasteiger partial charge on any atom is -0.502 e. The van der Waals surface area contributed by atoms with Crippen molar-refractivity contribution in [1.82, 2.24) is 14.9 Å². The largest absolute Gasteiger partial charge is 0.502 e. The lowest BCUT2D eigenvalue weighted by Gasteiger charge is -2.15. The third-order valence-corrected chi connectivity index (χ3v) is 6.17. The highest BCUT2D eigenvalue weighted by Gasteiger charge is 2.22. The number of H-pyrrole nitrogens is 1. The Hall–Kier alpha value is -3.98. The summed E-state index contributed by atoms with van der Waals surface area (Å²) in [5.74, 6) is 4.37. The highest BCUT2D eigenvalue weighted by molar-refractivity contribution is 5.45. The van der Waals surface area contributed by atoms with Crippen LogP contribution < -0.4 is 5.56 Å². The second-order valence-electron chi connectivity index (χ2n) is 8.64. The fourth-order valence-corrected chi connectivity index (χ4v) is 4.20. The molecule has 0 spiro atoms. The summed E-state index contributed by atoms with van der Waals surface area (Å²) in [6, 6.07) is 14.7. The highest BCUT2D eigenvalue weighted by atomic mass is 19.1. The van der Waals surface area contributed by atoms with Crippen LogP contribution in [0.2, 0.25) is 0 Å². The van der Waals surface area contributed by atoms with Gasteiger partial charge < -0.3 is 15.2 Å². The maximum absolute atomic E-state index is 14.8. The van der Waals surface area contributed by atoms with E-state index in [0.717, 1.165) is 43.5 Å². The van der Waals surface area contributed by atoms with Gasteiger partial charge in [-0.2, -0.15) is 5.26 Å². The van der Waals surface area contributed by atoms with Gasteiger partial charge in [0.05, 0.1) is 30.6 Å². The molecule has 2 heterocycles. The molecule has 0 bridgehead atoms. The Labute approximate surface area is 202 Å². The van der Waals surface area contributed by atoms with E-state index in [0.29, 0.717) is 5.56 Å². The van der Waals surface area contributed by atoms with Crippen LogP contribution in [0.5, 0.6) is 5.75 Å². The molecule has 3 aromatic rings. The number of nitrogens with one attached hydrogen (secondary N) is 1. The van der Waals surface area contributed by atoms with Crippen molar-refractivity contribution in [1.29, 1.82) is 5.26 Å². The molecule has 178 valence electrons. The summed E-state index contributed by atoms with van der Waals surface area (Å²) in [6.07, 6.45) is 2.08. The maximum Gasteiger partial charge on any atom is 0.293 e. The molecule has 0 amide bonds. The van der Waals surface area contributed by atoms with Crippen molar-refractivity contribution in [3.8, 4) is 23.7 Å². The number of aromatic amines is 1. The number of rotatable bonds is 6. The second kappa shape index (κ2) is 11.0. The Morgan fingerprint density at radius 3 is 2.63 bits per heavy atom. The Bertz CT molecular complexity index is 1350.